The Hall–Kier alpha value is -1.22. The molecule has 0 amide bonds. The van der Waals surface area contributed by atoms with Crippen molar-refractivity contribution in [3.05, 3.63) is 63.1 Å². The van der Waals surface area contributed by atoms with Crippen LogP contribution < -0.4 is 4.90 Å². The monoisotopic (exact) mass is 321 g/mol. The summed E-state index contributed by atoms with van der Waals surface area (Å²) in [5, 5.41) is 11.5. The third-order valence-corrected chi connectivity index (χ3v) is 4.88. The molecule has 1 aliphatic rings. The second-order valence-electron chi connectivity index (χ2n) is 5.46. The lowest BCUT2D eigenvalue weighted by atomic mass is 9.95. The van der Waals surface area contributed by atoms with Crippen LogP contribution in [0.15, 0.2) is 36.4 Å². The molecule has 0 bridgehead atoms. The van der Waals surface area contributed by atoms with Crippen molar-refractivity contribution in [2.75, 3.05) is 18.5 Å². The van der Waals surface area contributed by atoms with Crippen LogP contribution in [0.25, 0.3) is 0 Å². The lowest BCUT2D eigenvalue weighted by Crippen LogP contribution is -2.24. The van der Waals surface area contributed by atoms with Gasteiger partial charge in [-0.3, -0.25) is 0 Å². The van der Waals surface area contributed by atoms with E-state index in [1.165, 1.54) is 11.3 Å². The van der Waals surface area contributed by atoms with Crippen molar-refractivity contribution in [3.8, 4) is 0 Å². The number of aliphatic hydroxyl groups is 1. The first-order valence-electron chi connectivity index (χ1n) is 7.04. The Morgan fingerprint density at radius 3 is 2.81 bits per heavy atom. The maximum atomic E-state index is 10.6. The average Bonchev–Trinajstić information content (AvgIpc) is 2.49. The van der Waals surface area contributed by atoms with E-state index < -0.39 is 6.10 Å². The summed E-state index contributed by atoms with van der Waals surface area (Å²) >= 11 is 12.2. The number of aliphatic hydroxyl groups excluding tert-OH is 1. The maximum absolute atomic E-state index is 10.6. The summed E-state index contributed by atoms with van der Waals surface area (Å²) in [6, 6.07) is 11.5. The van der Waals surface area contributed by atoms with Gasteiger partial charge >= 0.3 is 0 Å². The van der Waals surface area contributed by atoms with Crippen LogP contribution in [0.1, 0.15) is 29.2 Å². The van der Waals surface area contributed by atoms with E-state index in [1.807, 2.05) is 12.1 Å². The number of nitrogens with zero attached hydrogens (tertiary/aromatic N) is 1. The molecule has 1 atom stereocenters. The van der Waals surface area contributed by atoms with Gasteiger partial charge < -0.3 is 10.0 Å². The molecule has 4 heteroatoms. The maximum Gasteiger partial charge on any atom is 0.106 e. The molecule has 110 valence electrons. The molecule has 1 N–H and O–H groups in total. The van der Waals surface area contributed by atoms with Gasteiger partial charge in [0.1, 0.15) is 6.10 Å². The fourth-order valence-corrected chi connectivity index (χ4v) is 3.30. The first-order valence-corrected chi connectivity index (χ1v) is 7.79. The molecule has 0 aromatic heterocycles. The number of anilines is 1. The van der Waals surface area contributed by atoms with Gasteiger partial charge in [-0.25, -0.2) is 0 Å². The molecule has 0 aliphatic carbocycles. The topological polar surface area (TPSA) is 23.5 Å². The minimum atomic E-state index is -0.756. The number of aryl methyl sites for hydroxylation is 1. The molecule has 1 unspecified atom stereocenters. The quantitative estimate of drug-likeness (QED) is 0.882. The molecular formula is C17H17Cl2NO. The van der Waals surface area contributed by atoms with Gasteiger partial charge in [0.05, 0.1) is 10.0 Å². The Labute approximate surface area is 134 Å². The average molecular weight is 322 g/mol. The molecule has 0 saturated carbocycles. The van der Waals surface area contributed by atoms with Gasteiger partial charge in [0.2, 0.25) is 0 Å². The predicted molar refractivity (Wildman–Crippen MR) is 88.6 cm³/mol. The second kappa shape index (κ2) is 5.88. The fraction of sp³-hybridized carbons (Fsp3) is 0.294. The third-order valence-electron chi connectivity index (χ3n) is 4.05. The van der Waals surface area contributed by atoms with Crippen LogP contribution in [0.5, 0.6) is 0 Å². The summed E-state index contributed by atoms with van der Waals surface area (Å²) in [6.45, 7) is 1.08. The molecule has 1 aliphatic heterocycles. The molecule has 0 spiro atoms. The van der Waals surface area contributed by atoms with Crippen molar-refractivity contribution >= 4 is 28.9 Å². The van der Waals surface area contributed by atoms with Crippen molar-refractivity contribution < 1.29 is 5.11 Å². The highest BCUT2D eigenvalue weighted by atomic mass is 35.5. The molecule has 0 fully saturated rings. The zero-order valence-electron chi connectivity index (χ0n) is 11.8. The van der Waals surface area contributed by atoms with Gasteiger partial charge in [-0.05, 0) is 36.1 Å². The minimum absolute atomic E-state index is 0.418. The Kier molecular flexibility index (Phi) is 4.12. The van der Waals surface area contributed by atoms with Gasteiger partial charge in [0, 0.05) is 24.8 Å². The van der Waals surface area contributed by atoms with Crippen molar-refractivity contribution in [1.82, 2.24) is 0 Å². The largest absolute Gasteiger partial charge is 0.384 e. The second-order valence-corrected chi connectivity index (χ2v) is 6.24. The van der Waals surface area contributed by atoms with E-state index in [0.717, 1.165) is 24.9 Å². The number of benzene rings is 2. The van der Waals surface area contributed by atoms with Gasteiger partial charge in [0.15, 0.2) is 0 Å². The van der Waals surface area contributed by atoms with E-state index >= 15 is 0 Å². The molecule has 21 heavy (non-hydrogen) atoms. The Morgan fingerprint density at radius 2 is 2.00 bits per heavy atom. The highest BCUT2D eigenvalue weighted by Gasteiger charge is 2.19. The van der Waals surface area contributed by atoms with E-state index in [0.29, 0.717) is 15.6 Å². The van der Waals surface area contributed by atoms with E-state index in [2.05, 4.69) is 24.1 Å². The molecular weight excluding hydrogens is 305 g/mol. The Morgan fingerprint density at radius 1 is 1.19 bits per heavy atom. The predicted octanol–water partition coefficient (Wildman–Crippen LogP) is 4.46. The highest BCUT2D eigenvalue weighted by molar-refractivity contribution is 6.42. The van der Waals surface area contributed by atoms with Crippen molar-refractivity contribution in [2.24, 2.45) is 0 Å². The van der Waals surface area contributed by atoms with Crippen LogP contribution in [0.2, 0.25) is 10.0 Å². The number of rotatable bonds is 2. The summed E-state index contributed by atoms with van der Waals surface area (Å²) in [4.78, 5) is 2.25. The third kappa shape index (κ3) is 2.76. The van der Waals surface area contributed by atoms with Crippen molar-refractivity contribution in [3.63, 3.8) is 0 Å². The minimum Gasteiger partial charge on any atom is -0.384 e. The molecule has 1 heterocycles. The Balaban J connectivity index is 1.99. The molecule has 2 nitrogen and oxygen atoms in total. The van der Waals surface area contributed by atoms with E-state index in [-0.39, 0.29) is 0 Å². The Bertz CT molecular complexity index is 672. The van der Waals surface area contributed by atoms with Crippen LogP contribution in [-0.4, -0.2) is 18.7 Å². The van der Waals surface area contributed by atoms with E-state index in [4.69, 9.17) is 23.2 Å². The van der Waals surface area contributed by atoms with Crippen LogP contribution in [0.3, 0.4) is 0 Å². The lowest BCUT2D eigenvalue weighted by molar-refractivity contribution is 0.220. The molecule has 0 radical (unpaired) electrons. The fourth-order valence-electron chi connectivity index (χ4n) is 2.89. The van der Waals surface area contributed by atoms with E-state index in [9.17, 15) is 5.11 Å². The van der Waals surface area contributed by atoms with Crippen molar-refractivity contribution in [1.29, 1.82) is 0 Å². The molecule has 2 aromatic rings. The number of fused-ring (bicyclic) bond motifs is 1. The van der Waals surface area contributed by atoms with Gasteiger partial charge in [-0.15, -0.1) is 0 Å². The SMILES string of the molecule is CN1CCCc2cc(C(O)c3cccc(Cl)c3Cl)ccc21. The number of hydrogen-bond donors (Lipinski definition) is 1. The zero-order valence-corrected chi connectivity index (χ0v) is 13.3. The standard InChI is InChI=1S/C17H17Cl2NO/c1-20-9-3-4-11-10-12(7-8-15(11)20)17(21)13-5-2-6-14(18)16(13)19/h2,5-8,10,17,21H,3-4,9H2,1H3. The van der Waals surface area contributed by atoms with Crippen molar-refractivity contribution in [2.45, 2.75) is 18.9 Å². The van der Waals surface area contributed by atoms with Gasteiger partial charge in [0.25, 0.3) is 0 Å². The summed E-state index contributed by atoms with van der Waals surface area (Å²) in [5.41, 5.74) is 4.02. The van der Waals surface area contributed by atoms with Gasteiger partial charge in [-0.1, -0.05) is 47.5 Å². The molecule has 2 aromatic carbocycles. The first-order chi connectivity index (χ1) is 10.1. The first kappa shape index (κ1) is 14.7. The molecule has 3 rings (SSSR count). The zero-order chi connectivity index (χ0) is 15.0. The highest BCUT2D eigenvalue weighted by Crippen LogP contribution is 2.35. The van der Waals surface area contributed by atoms with Crippen LogP contribution >= 0.6 is 23.2 Å². The summed E-state index contributed by atoms with van der Waals surface area (Å²) in [7, 11) is 2.10. The number of hydrogen-bond acceptors (Lipinski definition) is 2. The summed E-state index contributed by atoms with van der Waals surface area (Å²) in [5.74, 6) is 0. The van der Waals surface area contributed by atoms with Crippen LogP contribution in [-0.2, 0) is 6.42 Å². The summed E-state index contributed by atoms with van der Waals surface area (Å²) in [6.07, 6.45) is 1.43. The van der Waals surface area contributed by atoms with Crippen LogP contribution in [0.4, 0.5) is 5.69 Å². The summed E-state index contributed by atoms with van der Waals surface area (Å²) < 4.78 is 0. The van der Waals surface area contributed by atoms with Gasteiger partial charge in [-0.2, -0.15) is 0 Å². The lowest BCUT2D eigenvalue weighted by Gasteiger charge is -2.28. The number of halogens is 2. The smallest absolute Gasteiger partial charge is 0.106 e. The van der Waals surface area contributed by atoms with Crippen LogP contribution in [0, 0.1) is 0 Å². The van der Waals surface area contributed by atoms with E-state index in [1.54, 1.807) is 12.1 Å². The normalized spacial score (nSPS) is 15.7. The molecule has 0 saturated heterocycles.